The van der Waals surface area contributed by atoms with Crippen LogP contribution in [0.1, 0.15) is 31.6 Å². The number of hydrogen-bond donors (Lipinski definition) is 1. The van der Waals surface area contributed by atoms with Gasteiger partial charge in [-0.05, 0) is 29.8 Å². The van der Waals surface area contributed by atoms with Crippen LogP contribution in [0, 0.1) is 11.2 Å². The van der Waals surface area contributed by atoms with E-state index in [-0.39, 0.29) is 17.3 Å². The smallest absolute Gasteiger partial charge is 0.225 e. The van der Waals surface area contributed by atoms with Crippen LogP contribution >= 0.6 is 0 Å². The summed E-state index contributed by atoms with van der Waals surface area (Å²) < 4.78 is 39.2. The van der Waals surface area contributed by atoms with Crippen molar-refractivity contribution in [2.75, 3.05) is 6.54 Å². The van der Waals surface area contributed by atoms with E-state index in [9.17, 15) is 17.6 Å². The zero-order chi connectivity index (χ0) is 18.7. The van der Waals surface area contributed by atoms with Crippen molar-refractivity contribution < 1.29 is 17.6 Å². The van der Waals surface area contributed by atoms with E-state index in [4.69, 9.17) is 0 Å². The Hall–Kier alpha value is -2.21. The quantitative estimate of drug-likeness (QED) is 0.827. The Morgan fingerprint density at radius 1 is 1.04 bits per heavy atom. The summed E-state index contributed by atoms with van der Waals surface area (Å²) in [4.78, 5) is 12.2. The predicted molar refractivity (Wildman–Crippen MR) is 95.2 cm³/mol. The van der Waals surface area contributed by atoms with Gasteiger partial charge in [0.2, 0.25) is 5.91 Å². The van der Waals surface area contributed by atoms with Crippen LogP contribution in [0.25, 0.3) is 0 Å². The van der Waals surface area contributed by atoms with Gasteiger partial charge < -0.3 is 5.32 Å². The molecule has 4 nitrogen and oxygen atoms in total. The van der Waals surface area contributed by atoms with Crippen molar-refractivity contribution in [3.63, 3.8) is 0 Å². The largest absolute Gasteiger partial charge is 0.354 e. The molecule has 0 aliphatic carbocycles. The number of hydrogen-bond acceptors (Lipinski definition) is 3. The molecule has 0 fully saturated rings. The number of nitrogens with one attached hydrogen (secondary N) is 1. The molecule has 0 aliphatic heterocycles. The minimum atomic E-state index is -3.79. The Kier molecular flexibility index (Phi) is 5.62. The molecule has 0 radical (unpaired) electrons. The summed E-state index contributed by atoms with van der Waals surface area (Å²) in [5, 5.41) is 1.76. The van der Waals surface area contributed by atoms with E-state index in [2.05, 4.69) is 5.32 Å². The number of amides is 1. The van der Waals surface area contributed by atoms with E-state index in [0.717, 1.165) is 12.1 Å². The standard InChI is InChI=1S/C19H22FNO3S/c1-19(2,3)18(22)21-13-17(14-7-5-4-6-8-14)25(23,24)16-11-9-15(20)10-12-16/h4-12,17H,13H2,1-3H3,(H,21,22). The van der Waals surface area contributed by atoms with Gasteiger partial charge in [-0.1, -0.05) is 51.1 Å². The molecule has 1 unspecified atom stereocenters. The molecule has 0 heterocycles. The maximum atomic E-state index is 13.1. The lowest BCUT2D eigenvalue weighted by Crippen LogP contribution is -2.38. The molecular weight excluding hydrogens is 341 g/mol. The van der Waals surface area contributed by atoms with Gasteiger partial charge in [0, 0.05) is 12.0 Å². The van der Waals surface area contributed by atoms with Gasteiger partial charge in [0.05, 0.1) is 4.90 Å². The Morgan fingerprint density at radius 2 is 1.60 bits per heavy atom. The first-order valence-corrected chi connectivity index (χ1v) is 9.50. The number of carbonyl (C=O) groups excluding carboxylic acids is 1. The number of carbonyl (C=O) groups is 1. The van der Waals surface area contributed by atoms with E-state index in [1.807, 2.05) is 0 Å². The summed E-state index contributed by atoms with van der Waals surface area (Å²) in [7, 11) is -3.79. The molecule has 134 valence electrons. The van der Waals surface area contributed by atoms with Gasteiger partial charge in [0.15, 0.2) is 9.84 Å². The van der Waals surface area contributed by atoms with Crippen LogP contribution in [-0.2, 0) is 14.6 Å². The van der Waals surface area contributed by atoms with Crippen molar-refractivity contribution in [2.45, 2.75) is 30.9 Å². The second kappa shape index (κ2) is 7.35. The van der Waals surface area contributed by atoms with E-state index in [0.29, 0.717) is 5.56 Å². The first-order chi connectivity index (χ1) is 11.6. The molecule has 0 saturated heterocycles. The molecule has 0 aromatic heterocycles. The fraction of sp³-hybridized carbons (Fsp3) is 0.316. The van der Waals surface area contributed by atoms with Crippen LogP contribution < -0.4 is 5.32 Å². The first kappa shape index (κ1) is 19.1. The fourth-order valence-corrected chi connectivity index (χ4v) is 3.98. The minimum Gasteiger partial charge on any atom is -0.354 e. The Balaban J connectivity index is 2.38. The maximum Gasteiger partial charge on any atom is 0.225 e. The van der Waals surface area contributed by atoms with Gasteiger partial charge in [-0.3, -0.25) is 4.79 Å². The molecule has 2 rings (SSSR count). The summed E-state index contributed by atoms with van der Waals surface area (Å²) in [5.41, 5.74) is -0.0537. The zero-order valence-electron chi connectivity index (χ0n) is 14.5. The van der Waals surface area contributed by atoms with Gasteiger partial charge in [-0.2, -0.15) is 0 Å². The van der Waals surface area contributed by atoms with Crippen molar-refractivity contribution >= 4 is 15.7 Å². The van der Waals surface area contributed by atoms with Crippen molar-refractivity contribution in [2.24, 2.45) is 5.41 Å². The molecule has 2 aromatic rings. The summed E-state index contributed by atoms with van der Waals surface area (Å²) in [6, 6.07) is 13.4. The second-order valence-electron chi connectivity index (χ2n) is 6.86. The summed E-state index contributed by atoms with van der Waals surface area (Å²) >= 11 is 0. The normalized spacial score (nSPS) is 13.3. The third kappa shape index (κ3) is 4.66. The molecule has 1 N–H and O–H groups in total. The van der Waals surface area contributed by atoms with E-state index in [1.54, 1.807) is 51.1 Å². The van der Waals surface area contributed by atoms with Crippen LogP contribution in [0.15, 0.2) is 59.5 Å². The second-order valence-corrected chi connectivity index (χ2v) is 8.99. The van der Waals surface area contributed by atoms with Crippen LogP contribution in [0.4, 0.5) is 4.39 Å². The molecule has 0 aliphatic rings. The van der Waals surface area contributed by atoms with Crippen molar-refractivity contribution in [3.05, 3.63) is 66.0 Å². The SMILES string of the molecule is CC(C)(C)C(=O)NCC(c1ccccc1)S(=O)(=O)c1ccc(F)cc1. The molecule has 0 bridgehead atoms. The van der Waals surface area contributed by atoms with Crippen molar-refractivity contribution in [1.82, 2.24) is 5.32 Å². The van der Waals surface area contributed by atoms with Crippen molar-refractivity contribution in [3.8, 4) is 0 Å². The molecule has 1 amide bonds. The van der Waals surface area contributed by atoms with Gasteiger partial charge in [0.1, 0.15) is 11.1 Å². The Labute approximate surface area is 148 Å². The predicted octanol–water partition coefficient (Wildman–Crippen LogP) is 3.50. The highest BCUT2D eigenvalue weighted by Gasteiger charge is 2.31. The van der Waals surface area contributed by atoms with E-state index in [1.165, 1.54) is 12.1 Å². The highest BCUT2D eigenvalue weighted by molar-refractivity contribution is 7.91. The lowest BCUT2D eigenvalue weighted by Gasteiger charge is -2.22. The third-order valence-electron chi connectivity index (χ3n) is 3.82. The van der Waals surface area contributed by atoms with E-state index >= 15 is 0 Å². The maximum absolute atomic E-state index is 13.1. The molecule has 0 spiro atoms. The number of benzene rings is 2. The first-order valence-electron chi connectivity index (χ1n) is 7.95. The zero-order valence-corrected chi connectivity index (χ0v) is 15.3. The van der Waals surface area contributed by atoms with Crippen LogP contribution in [0.3, 0.4) is 0 Å². The van der Waals surface area contributed by atoms with Gasteiger partial charge >= 0.3 is 0 Å². The average molecular weight is 363 g/mol. The summed E-state index contributed by atoms with van der Waals surface area (Å²) in [6.07, 6.45) is 0. The molecule has 25 heavy (non-hydrogen) atoms. The third-order valence-corrected chi connectivity index (χ3v) is 5.93. The lowest BCUT2D eigenvalue weighted by molar-refractivity contribution is -0.128. The highest BCUT2D eigenvalue weighted by Crippen LogP contribution is 2.29. The van der Waals surface area contributed by atoms with Gasteiger partial charge in [-0.25, -0.2) is 12.8 Å². The van der Waals surface area contributed by atoms with Crippen LogP contribution in [-0.4, -0.2) is 20.9 Å². The topological polar surface area (TPSA) is 63.2 Å². The number of sulfone groups is 1. The van der Waals surface area contributed by atoms with Gasteiger partial charge in [-0.15, -0.1) is 0 Å². The molecule has 2 aromatic carbocycles. The number of rotatable bonds is 5. The monoisotopic (exact) mass is 363 g/mol. The van der Waals surface area contributed by atoms with Crippen LogP contribution in [0.2, 0.25) is 0 Å². The summed E-state index contributed by atoms with van der Waals surface area (Å²) in [5.74, 6) is -0.737. The average Bonchev–Trinajstić information content (AvgIpc) is 2.55. The molecular formula is C19H22FNO3S. The summed E-state index contributed by atoms with van der Waals surface area (Å²) in [6.45, 7) is 5.22. The fourth-order valence-electron chi connectivity index (χ4n) is 2.31. The van der Waals surface area contributed by atoms with Gasteiger partial charge in [0.25, 0.3) is 0 Å². The minimum absolute atomic E-state index is 0.0211. The molecule has 6 heteroatoms. The van der Waals surface area contributed by atoms with E-state index < -0.39 is 26.3 Å². The molecule has 0 saturated carbocycles. The lowest BCUT2D eigenvalue weighted by atomic mass is 9.95. The number of halogens is 1. The van der Waals surface area contributed by atoms with Crippen molar-refractivity contribution in [1.29, 1.82) is 0 Å². The highest BCUT2D eigenvalue weighted by atomic mass is 32.2. The molecule has 1 atom stereocenters. The van der Waals surface area contributed by atoms with Crippen LogP contribution in [0.5, 0.6) is 0 Å². The Bertz CT molecular complexity index is 825. The Morgan fingerprint density at radius 3 is 2.12 bits per heavy atom.